The molecule has 210 valence electrons. The van der Waals surface area contributed by atoms with Gasteiger partial charge in [0.05, 0.1) is 16.8 Å². The van der Waals surface area contributed by atoms with Gasteiger partial charge in [-0.15, -0.1) is 5.10 Å². The molecule has 2 N–H and O–H groups in total. The first kappa shape index (κ1) is 26.9. The molecule has 0 radical (unpaired) electrons. The van der Waals surface area contributed by atoms with Crippen molar-refractivity contribution in [2.24, 2.45) is 5.92 Å². The Labute approximate surface area is 235 Å². The standard InChI is InChI=1S/C30H36N6O3S/c1-2-3-6-15-39-25-11-13-26(14-12-25)40(37,38)30-28-24(19-36-20-32-34-35-36)17-27(33-28)29(30)31-18-21-9-10-22-7-4-5-8-23(22)16-21/h4-5,7-14,16,20,24,27-31,33H,2-3,6,15,17-19H2,1H3/t24-,27-,28+,29-,30-/m1/s1. The summed E-state index contributed by atoms with van der Waals surface area (Å²) in [6.45, 7) is 3.96. The fourth-order valence-corrected chi connectivity index (χ4v) is 8.52. The minimum atomic E-state index is -3.66. The quantitative estimate of drug-likeness (QED) is 0.252. The van der Waals surface area contributed by atoms with E-state index < -0.39 is 15.1 Å². The Bertz CT molecular complexity index is 1530. The number of hydrogen-bond acceptors (Lipinski definition) is 8. The maximum atomic E-state index is 14.2. The van der Waals surface area contributed by atoms with Crippen LogP contribution in [0, 0.1) is 5.92 Å². The summed E-state index contributed by atoms with van der Waals surface area (Å²) in [4.78, 5) is 0.325. The van der Waals surface area contributed by atoms with Crippen molar-refractivity contribution in [3.8, 4) is 5.75 Å². The molecule has 0 unspecified atom stereocenters. The van der Waals surface area contributed by atoms with Gasteiger partial charge in [-0.05, 0) is 75.9 Å². The molecule has 1 aromatic heterocycles. The maximum absolute atomic E-state index is 14.2. The number of hydrogen-bond donors (Lipinski definition) is 2. The molecule has 2 saturated heterocycles. The molecule has 40 heavy (non-hydrogen) atoms. The van der Waals surface area contributed by atoms with Crippen LogP contribution in [-0.2, 0) is 22.9 Å². The minimum Gasteiger partial charge on any atom is -0.494 e. The highest BCUT2D eigenvalue weighted by atomic mass is 32.2. The van der Waals surface area contributed by atoms with Gasteiger partial charge < -0.3 is 15.4 Å². The molecule has 2 aliphatic rings. The molecular formula is C30H36N6O3S. The number of nitrogens with one attached hydrogen (secondary N) is 2. The lowest BCUT2D eigenvalue weighted by molar-refractivity contribution is 0.301. The molecule has 0 spiro atoms. The Morgan fingerprint density at radius 3 is 2.65 bits per heavy atom. The van der Waals surface area contributed by atoms with Crippen molar-refractivity contribution in [3.63, 3.8) is 0 Å². The Morgan fingerprint density at radius 1 is 1.05 bits per heavy atom. The van der Waals surface area contributed by atoms with Gasteiger partial charge in [-0.2, -0.15) is 0 Å². The van der Waals surface area contributed by atoms with E-state index >= 15 is 0 Å². The first-order valence-electron chi connectivity index (χ1n) is 14.2. The predicted molar refractivity (Wildman–Crippen MR) is 154 cm³/mol. The number of tetrazole rings is 1. The summed E-state index contributed by atoms with van der Waals surface area (Å²) in [6.07, 6.45) is 5.67. The summed E-state index contributed by atoms with van der Waals surface area (Å²) in [5.41, 5.74) is 1.13. The van der Waals surface area contributed by atoms with Crippen LogP contribution in [-0.4, -0.2) is 58.6 Å². The highest BCUT2D eigenvalue weighted by molar-refractivity contribution is 7.92. The van der Waals surface area contributed by atoms with Crippen molar-refractivity contribution in [3.05, 3.63) is 78.6 Å². The van der Waals surface area contributed by atoms with E-state index in [1.54, 1.807) is 35.3 Å². The van der Waals surface area contributed by atoms with E-state index in [0.717, 1.165) is 31.2 Å². The van der Waals surface area contributed by atoms with Gasteiger partial charge in [0.1, 0.15) is 12.1 Å². The monoisotopic (exact) mass is 560 g/mol. The summed E-state index contributed by atoms with van der Waals surface area (Å²) >= 11 is 0. The molecule has 0 aliphatic carbocycles. The summed E-state index contributed by atoms with van der Waals surface area (Å²) < 4.78 is 35.9. The molecule has 4 aromatic rings. The molecule has 3 heterocycles. The van der Waals surface area contributed by atoms with Crippen LogP contribution in [0.4, 0.5) is 0 Å². The summed E-state index contributed by atoms with van der Waals surface area (Å²) in [5.74, 6) is 0.803. The smallest absolute Gasteiger partial charge is 0.184 e. The lowest BCUT2D eigenvalue weighted by Crippen LogP contribution is -2.53. The summed E-state index contributed by atoms with van der Waals surface area (Å²) in [5, 5.41) is 20.5. The van der Waals surface area contributed by atoms with Crippen LogP contribution in [0.1, 0.15) is 38.2 Å². The second-order valence-electron chi connectivity index (χ2n) is 11.0. The van der Waals surface area contributed by atoms with Gasteiger partial charge in [-0.3, -0.25) is 0 Å². The van der Waals surface area contributed by atoms with E-state index in [-0.39, 0.29) is 24.0 Å². The zero-order chi connectivity index (χ0) is 27.5. The van der Waals surface area contributed by atoms with Crippen LogP contribution in [0.3, 0.4) is 0 Å². The highest BCUT2D eigenvalue weighted by Crippen LogP contribution is 2.40. The van der Waals surface area contributed by atoms with Gasteiger partial charge in [0, 0.05) is 31.2 Å². The number of unbranched alkanes of at least 4 members (excludes halogenated alkanes) is 2. The van der Waals surface area contributed by atoms with Gasteiger partial charge in [0.25, 0.3) is 0 Å². The van der Waals surface area contributed by atoms with Crippen LogP contribution in [0.15, 0.2) is 78.0 Å². The van der Waals surface area contributed by atoms with Crippen LogP contribution in [0.5, 0.6) is 5.75 Å². The number of aromatic nitrogens is 4. The maximum Gasteiger partial charge on any atom is 0.184 e. The van der Waals surface area contributed by atoms with E-state index in [9.17, 15) is 8.42 Å². The lowest BCUT2D eigenvalue weighted by atomic mass is 9.85. The van der Waals surface area contributed by atoms with Gasteiger partial charge >= 0.3 is 0 Å². The van der Waals surface area contributed by atoms with E-state index in [2.05, 4.69) is 63.4 Å². The molecule has 2 bridgehead atoms. The van der Waals surface area contributed by atoms with Gasteiger partial charge in [-0.1, -0.05) is 56.2 Å². The number of rotatable bonds is 12. The molecule has 6 rings (SSSR count). The first-order valence-corrected chi connectivity index (χ1v) is 15.7. The fourth-order valence-electron chi connectivity index (χ4n) is 6.34. The molecule has 0 amide bonds. The summed E-state index contributed by atoms with van der Waals surface area (Å²) in [6, 6.07) is 21.2. The van der Waals surface area contributed by atoms with Crippen molar-refractivity contribution < 1.29 is 13.2 Å². The molecule has 2 fully saturated rings. The van der Waals surface area contributed by atoms with Crippen molar-refractivity contribution in [1.82, 2.24) is 30.8 Å². The second kappa shape index (κ2) is 11.6. The van der Waals surface area contributed by atoms with Crippen LogP contribution in [0.2, 0.25) is 0 Å². The summed E-state index contributed by atoms with van der Waals surface area (Å²) in [7, 11) is -3.66. The van der Waals surface area contributed by atoms with Gasteiger partial charge in [-0.25, -0.2) is 13.1 Å². The molecule has 0 saturated carbocycles. The number of fused-ring (bicyclic) bond motifs is 3. The third-order valence-electron chi connectivity index (χ3n) is 8.31. The average molecular weight is 561 g/mol. The third-order valence-corrected chi connectivity index (χ3v) is 10.5. The third kappa shape index (κ3) is 5.48. The number of ether oxygens (including phenoxy) is 1. The molecule has 3 aromatic carbocycles. The molecule has 5 atom stereocenters. The molecule has 9 nitrogen and oxygen atoms in total. The Kier molecular flexibility index (Phi) is 7.82. The molecular weight excluding hydrogens is 524 g/mol. The normalized spacial score (nSPS) is 24.1. The second-order valence-corrected chi connectivity index (χ2v) is 13.1. The average Bonchev–Trinajstić information content (AvgIpc) is 3.72. The first-order chi connectivity index (χ1) is 19.5. The van der Waals surface area contributed by atoms with Crippen LogP contribution < -0.4 is 15.4 Å². The topological polar surface area (TPSA) is 111 Å². The van der Waals surface area contributed by atoms with E-state index in [4.69, 9.17) is 4.74 Å². The highest BCUT2D eigenvalue weighted by Gasteiger charge is 2.57. The SMILES string of the molecule is CCCCCOc1ccc(S(=O)(=O)[C@@H]2[C@H]3N[C@H](C[C@@H]3Cn3cnnn3)[C@H]2NCc2ccc3ccccc3c2)cc1. The van der Waals surface area contributed by atoms with E-state index in [1.807, 2.05) is 12.1 Å². The Balaban J connectivity index is 1.23. The predicted octanol–water partition coefficient (Wildman–Crippen LogP) is 3.76. The van der Waals surface area contributed by atoms with Crippen molar-refractivity contribution in [2.75, 3.05) is 6.61 Å². The minimum absolute atomic E-state index is 0.0351. The van der Waals surface area contributed by atoms with Gasteiger partial charge in [0.15, 0.2) is 9.84 Å². The lowest BCUT2D eigenvalue weighted by Gasteiger charge is -2.34. The van der Waals surface area contributed by atoms with Crippen molar-refractivity contribution in [1.29, 1.82) is 0 Å². The zero-order valence-corrected chi connectivity index (χ0v) is 23.5. The van der Waals surface area contributed by atoms with Crippen LogP contribution >= 0.6 is 0 Å². The Hall–Kier alpha value is -3.34. The van der Waals surface area contributed by atoms with Crippen molar-refractivity contribution in [2.45, 2.75) is 74.0 Å². The Morgan fingerprint density at radius 2 is 1.88 bits per heavy atom. The number of benzene rings is 3. The van der Waals surface area contributed by atoms with Crippen LogP contribution in [0.25, 0.3) is 10.8 Å². The van der Waals surface area contributed by atoms with E-state index in [0.29, 0.717) is 30.3 Å². The number of sulfone groups is 1. The molecule has 2 aliphatic heterocycles. The van der Waals surface area contributed by atoms with Crippen molar-refractivity contribution >= 4 is 20.6 Å². The zero-order valence-electron chi connectivity index (χ0n) is 22.7. The largest absolute Gasteiger partial charge is 0.494 e. The fraction of sp³-hybridized carbons (Fsp3) is 0.433. The number of nitrogens with zero attached hydrogens (tertiary/aromatic N) is 4. The molecule has 10 heteroatoms. The van der Waals surface area contributed by atoms with Gasteiger partial charge in [0.2, 0.25) is 0 Å². The van der Waals surface area contributed by atoms with E-state index in [1.165, 1.54) is 10.8 Å².